The molecule has 0 saturated heterocycles. The van der Waals surface area contributed by atoms with Crippen LogP contribution in [0.1, 0.15) is 16.7 Å². The number of halogens is 3. The summed E-state index contributed by atoms with van der Waals surface area (Å²) in [5, 5.41) is 0. The van der Waals surface area contributed by atoms with Gasteiger partial charge < -0.3 is 0 Å². The summed E-state index contributed by atoms with van der Waals surface area (Å²) in [5.74, 6) is 0. The molecule has 0 atom stereocenters. The Hall–Kier alpha value is -2.74. The highest BCUT2D eigenvalue weighted by Gasteiger charge is 2.49. The molecule has 0 heterocycles. The van der Waals surface area contributed by atoms with E-state index in [4.69, 9.17) is 9.59 Å². The molecule has 0 aromatic heterocycles. The Morgan fingerprint density at radius 2 is 1.54 bits per heavy atom. The first-order valence-corrected chi connectivity index (χ1v) is 9.38. The summed E-state index contributed by atoms with van der Waals surface area (Å²) in [6.07, 6.45) is 3.26. The van der Waals surface area contributed by atoms with Gasteiger partial charge in [0.2, 0.25) is 0 Å². The third-order valence-corrected chi connectivity index (χ3v) is 5.07. The maximum atomic E-state index is 12.9. The van der Waals surface area contributed by atoms with Crippen molar-refractivity contribution in [2.75, 3.05) is 6.54 Å². The van der Waals surface area contributed by atoms with Gasteiger partial charge in [-0.15, -0.1) is 0 Å². The van der Waals surface area contributed by atoms with Crippen LogP contribution in [0, 0.1) is 6.92 Å². The predicted octanol–water partition coefficient (Wildman–Crippen LogP) is 3.78. The van der Waals surface area contributed by atoms with Gasteiger partial charge in [-0.25, -0.2) is 8.42 Å². The largest absolute Gasteiger partial charge is 0.511 e. The lowest BCUT2D eigenvalue weighted by molar-refractivity contribution is -0.191. The van der Waals surface area contributed by atoms with Gasteiger partial charge in [-0.1, -0.05) is 72.3 Å². The monoisotopic (exact) mass is 413 g/mol. The van der Waals surface area contributed by atoms with Crippen LogP contribution in [0.5, 0.6) is 0 Å². The lowest BCUT2D eigenvalue weighted by Crippen LogP contribution is -2.40. The van der Waals surface area contributed by atoms with Gasteiger partial charge in [-0.2, -0.15) is 27.1 Å². The Labute approximate surface area is 161 Å². The maximum Gasteiger partial charge on any atom is 0.511 e. The second-order valence-corrected chi connectivity index (χ2v) is 7.55. The van der Waals surface area contributed by atoms with E-state index in [1.165, 1.54) is 6.08 Å². The fourth-order valence-electron chi connectivity index (χ4n) is 2.17. The molecule has 0 saturated carbocycles. The molecule has 0 fully saturated rings. The molecule has 0 aliphatic rings. The van der Waals surface area contributed by atoms with Crippen molar-refractivity contribution in [3.63, 3.8) is 0 Å². The number of hydrogen-bond acceptors (Lipinski definition) is 4. The molecular formula is C19H18F3NO4S. The smallest absolute Gasteiger partial charge is 0.203 e. The van der Waals surface area contributed by atoms with E-state index >= 15 is 0 Å². The summed E-state index contributed by atoms with van der Waals surface area (Å²) in [4.78, 5) is 16.2. The molecule has 0 aliphatic carbocycles. The SMILES string of the molecule is Cc1ccc(/C=C/CN(Cc2ccccc2)S(=O)(=O)C(F)(F)F)cc1.O=C=O. The topological polar surface area (TPSA) is 71.5 Å². The minimum absolute atomic E-state index is 0.250. The van der Waals surface area contributed by atoms with E-state index in [2.05, 4.69) is 0 Å². The Bertz CT molecular complexity index is 902. The predicted molar refractivity (Wildman–Crippen MR) is 97.0 cm³/mol. The number of aryl methyl sites for hydroxylation is 1. The molecule has 0 N–H and O–H groups in total. The summed E-state index contributed by atoms with van der Waals surface area (Å²) in [7, 11) is -5.42. The summed E-state index contributed by atoms with van der Waals surface area (Å²) in [5.41, 5.74) is -3.00. The van der Waals surface area contributed by atoms with Crippen LogP contribution in [0.4, 0.5) is 13.2 Å². The molecular weight excluding hydrogens is 395 g/mol. The van der Waals surface area contributed by atoms with Crippen LogP contribution in [-0.2, 0) is 26.2 Å². The molecule has 5 nitrogen and oxygen atoms in total. The van der Waals surface area contributed by atoms with Crippen molar-refractivity contribution in [2.24, 2.45) is 0 Å². The van der Waals surface area contributed by atoms with E-state index in [-0.39, 0.29) is 19.2 Å². The number of benzene rings is 2. The average Bonchev–Trinajstić information content (AvgIpc) is 2.63. The maximum absolute atomic E-state index is 12.9. The van der Waals surface area contributed by atoms with Crippen LogP contribution in [0.2, 0.25) is 0 Å². The number of rotatable bonds is 6. The van der Waals surface area contributed by atoms with Crippen LogP contribution < -0.4 is 0 Å². The van der Waals surface area contributed by atoms with Crippen LogP contribution >= 0.6 is 0 Å². The molecule has 0 radical (unpaired) electrons. The van der Waals surface area contributed by atoms with Crippen molar-refractivity contribution in [2.45, 2.75) is 19.0 Å². The van der Waals surface area contributed by atoms with E-state index in [1.807, 2.05) is 31.2 Å². The third kappa shape index (κ3) is 7.11. The van der Waals surface area contributed by atoms with E-state index in [9.17, 15) is 21.6 Å². The first-order chi connectivity index (χ1) is 13.1. The minimum Gasteiger partial charge on any atom is -0.203 e. The van der Waals surface area contributed by atoms with E-state index in [0.717, 1.165) is 11.1 Å². The molecule has 0 aliphatic heterocycles. The van der Waals surface area contributed by atoms with Crippen molar-refractivity contribution in [3.8, 4) is 0 Å². The highest BCUT2D eigenvalue weighted by atomic mass is 32.2. The number of sulfonamides is 1. The lowest BCUT2D eigenvalue weighted by Gasteiger charge is -2.22. The van der Waals surface area contributed by atoms with Crippen LogP contribution in [-0.4, -0.2) is 30.9 Å². The van der Waals surface area contributed by atoms with Crippen molar-refractivity contribution < 1.29 is 31.2 Å². The molecule has 2 aromatic rings. The highest BCUT2D eigenvalue weighted by molar-refractivity contribution is 7.89. The van der Waals surface area contributed by atoms with E-state index in [1.54, 1.807) is 36.4 Å². The number of nitrogens with zero attached hydrogens (tertiary/aromatic N) is 1. The fraction of sp³-hybridized carbons (Fsp3) is 0.211. The molecule has 0 amide bonds. The minimum atomic E-state index is -5.42. The van der Waals surface area contributed by atoms with Crippen LogP contribution in [0.15, 0.2) is 60.7 Å². The standard InChI is InChI=1S/C18H18F3NO2S.CO2/c1-15-9-11-16(12-10-15)8-5-13-22(25(23,24)18(19,20)21)14-17-6-3-2-4-7-17;2-1-3/h2-12H,13-14H2,1H3;/b8-5+;. The molecule has 0 spiro atoms. The summed E-state index contributed by atoms with van der Waals surface area (Å²) < 4.78 is 62.8. The van der Waals surface area contributed by atoms with Crippen molar-refractivity contribution in [3.05, 3.63) is 77.4 Å². The molecule has 2 rings (SSSR count). The van der Waals surface area contributed by atoms with Crippen molar-refractivity contribution in [1.29, 1.82) is 0 Å². The fourth-order valence-corrected chi connectivity index (χ4v) is 3.06. The Morgan fingerprint density at radius 3 is 2.04 bits per heavy atom. The van der Waals surface area contributed by atoms with Gasteiger partial charge in [0.1, 0.15) is 0 Å². The van der Waals surface area contributed by atoms with Crippen molar-refractivity contribution in [1.82, 2.24) is 4.31 Å². The first-order valence-electron chi connectivity index (χ1n) is 7.94. The van der Waals surface area contributed by atoms with E-state index in [0.29, 0.717) is 9.87 Å². The van der Waals surface area contributed by atoms with Gasteiger partial charge in [0.25, 0.3) is 0 Å². The third-order valence-electron chi connectivity index (χ3n) is 3.53. The number of hydrogen-bond donors (Lipinski definition) is 0. The average molecular weight is 413 g/mol. The molecule has 2 aromatic carbocycles. The van der Waals surface area contributed by atoms with E-state index < -0.39 is 15.5 Å². The Kier molecular flexibility index (Phi) is 8.78. The normalized spacial score (nSPS) is 11.8. The zero-order chi connectivity index (χ0) is 21.2. The Morgan fingerprint density at radius 1 is 1.00 bits per heavy atom. The van der Waals surface area contributed by atoms with Crippen LogP contribution in [0.3, 0.4) is 0 Å². The number of alkyl halides is 3. The van der Waals surface area contributed by atoms with Gasteiger partial charge in [0, 0.05) is 13.1 Å². The zero-order valence-electron chi connectivity index (χ0n) is 14.9. The quantitative estimate of drug-likeness (QED) is 0.723. The second kappa shape index (κ2) is 10.6. The number of carbonyl (C=O) groups excluding carboxylic acids is 2. The van der Waals surface area contributed by atoms with Gasteiger partial charge in [0.15, 0.2) is 0 Å². The molecule has 9 heteroatoms. The summed E-state index contributed by atoms with van der Waals surface area (Å²) in [6.45, 7) is 1.20. The zero-order valence-corrected chi connectivity index (χ0v) is 15.7. The van der Waals surface area contributed by atoms with Crippen molar-refractivity contribution >= 4 is 22.3 Å². The van der Waals surface area contributed by atoms with Gasteiger partial charge >= 0.3 is 21.7 Å². The second-order valence-electron chi connectivity index (χ2n) is 5.63. The Balaban J connectivity index is 0.00000122. The van der Waals surface area contributed by atoms with Gasteiger partial charge in [-0.05, 0) is 18.1 Å². The lowest BCUT2D eigenvalue weighted by atomic mass is 10.1. The molecule has 0 unspecified atom stereocenters. The molecule has 28 heavy (non-hydrogen) atoms. The van der Waals surface area contributed by atoms with Crippen LogP contribution in [0.25, 0.3) is 6.08 Å². The molecule has 0 bridgehead atoms. The molecule has 150 valence electrons. The highest BCUT2D eigenvalue weighted by Crippen LogP contribution is 2.28. The summed E-state index contributed by atoms with van der Waals surface area (Å²) >= 11 is 0. The first kappa shape index (κ1) is 23.3. The summed E-state index contributed by atoms with van der Waals surface area (Å²) in [6, 6.07) is 15.5. The van der Waals surface area contributed by atoms with Gasteiger partial charge in [-0.3, -0.25) is 0 Å². The van der Waals surface area contributed by atoms with Gasteiger partial charge in [0.05, 0.1) is 0 Å².